The molecule has 0 fully saturated rings. The lowest BCUT2D eigenvalue weighted by Gasteiger charge is -2.12. The Bertz CT molecular complexity index is 977. The van der Waals surface area contributed by atoms with Crippen LogP contribution in [0, 0.1) is 6.92 Å². The quantitative estimate of drug-likeness (QED) is 0.608. The Morgan fingerprint density at radius 3 is 2.52 bits per heavy atom. The van der Waals surface area contributed by atoms with Gasteiger partial charge >= 0.3 is 0 Å². The molecule has 7 nitrogen and oxygen atoms in total. The molecule has 1 heterocycles. The summed E-state index contributed by atoms with van der Waals surface area (Å²) in [6, 6.07) is 17.0. The minimum Gasteiger partial charge on any atom is -0.497 e. The second-order valence-electron chi connectivity index (χ2n) is 6.40. The Morgan fingerprint density at radius 1 is 1.00 bits per heavy atom. The molecule has 0 saturated heterocycles. The Labute approximate surface area is 170 Å². The van der Waals surface area contributed by atoms with E-state index in [1.54, 1.807) is 38.5 Å². The summed E-state index contributed by atoms with van der Waals surface area (Å²) in [6.07, 6.45) is 0.834. The fourth-order valence-electron chi connectivity index (χ4n) is 2.83. The number of amides is 1. The third-order valence-electron chi connectivity index (χ3n) is 4.28. The number of aromatic nitrogens is 2. The smallest absolute Gasteiger partial charge is 0.274 e. The SMILES string of the molecule is COc1ccc(OC)c(NC(=O)c2cc(C)nc(NCCc3ccccc3)n2)c1. The van der Waals surface area contributed by atoms with Crippen LogP contribution in [0.1, 0.15) is 21.7 Å². The van der Waals surface area contributed by atoms with Crippen molar-refractivity contribution in [2.75, 3.05) is 31.4 Å². The molecule has 0 unspecified atom stereocenters. The van der Waals surface area contributed by atoms with E-state index in [2.05, 4.69) is 32.7 Å². The van der Waals surface area contributed by atoms with Crippen LogP contribution in [0.25, 0.3) is 0 Å². The Hall–Kier alpha value is -3.61. The molecule has 0 aliphatic rings. The molecule has 1 amide bonds. The fraction of sp³-hybridized carbons (Fsp3) is 0.227. The normalized spacial score (nSPS) is 10.3. The van der Waals surface area contributed by atoms with Crippen molar-refractivity contribution in [3.63, 3.8) is 0 Å². The van der Waals surface area contributed by atoms with Crippen LogP contribution in [0.3, 0.4) is 0 Å². The molecule has 29 heavy (non-hydrogen) atoms. The first kappa shape index (κ1) is 20.1. The van der Waals surface area contributed by atoms with E-state index < -0.39 is 0 Å². The number of rotatable bonds is 8. The lowest BCUT2D eigenvalue weighted by Crippen LogP contribution is -2.17. The molecular formula is C22H24N4O3. The molecule has 0 radical (unpaired) electrons. The van der Waals surface area contributed by atoms with Gasteiger partial charge in [0.25, 0.3) is 5.91 Å². The van der Waals surface area contributed by atoms with Crippen LogP contribution in [0.4, 0.5) is 11.6 Å². The highest BCUT2D eigenvalue weighted by Gasteiger charge is 2.14. The molecule has 0 spiro atoms. The molecular weight excluding hydrogens is 368 g/mol. The molecule has 0 atom stereocenters. The molecule has 0 aliphatic carbocycles. The van der Waals surface area contributed by atoms with Crippen LogP contribution < -0.4 is 20.1 Å². The summed E-state index contributed by atoms with van der Waals surface area (Å²) in [6.45, 7) is 2.49. The van der Waals surface area contributed by atoms with Crippen molar-refractivity contribution in [2.24, 2.45) is 0 Å². The number of ether oxygens (including phenoxy) is 2. The van der Waals surface area contributed by atoms with Gasteiger partial charge in [0.2, 0.25) is 5.95 Å². The summed E-state index contributed by atoms with van der Waals surface area (Å²) in [5.41, 5.74) is 2.69. The van der Waals surface area contributed by atoms with Crippen LogP contribution >= 0.6 is 0 Å². The minimum atomic E-state index is -0.354. The van der Waals surface area contributed by atoms with E-state index in [1.165, 1.54) is 5.56 Å². The first-order valence-electron chi connectivity index (χ1n) is 9.26. The highest BCUT2D eigenvalue weighted by molar-refractivity contribution is 6.04. The van der Waals surface area contributed by atoms with Gasteiger partial charge in [-0.1, -0.05) is 30.3 Å². The van der Waals surface area contributed by atoms with E-state index in [4.69, 9.17) is 9.47 Å². The summed E-state index contributed by atoms with van der Waals surface area (Å²) in [4.78, 5) is 21.5. The number of hydrogen-bond donors (Lipinski definition) is 2. The zero-order chi connectivity index (χ0) is 20.6. The van der Waals surface area contributed by atoms with Gasteiger partial charge < -0.3 is 20.1 Å². The van der Waals surface area contributed by atoms with Gasteiger partial charge in [-0.15, -0.1) is 0 Å². The number of nitrogens with zero attached hydrogens (tertiary/aromatic N) is 2. The van der Waals surface area contributed by atoms with Crippen molar-refractivity contribution < 1.29 is 14.3 Å². The first-order valence-corrected chi connectivity index (χ1v) is 9.26. The van der Waals surface area contributed by atoms with Crippen LogP contribution in [-0.2, 0) is 6.42 Å². The van der Waals surface area contributed by atoms with E-state index in [1.807, 2.05) is 25.1 Å². The Morgan fingerprint density at radius 2 is 1.79 bits per heavy atom. The van der Waals surface area contributed by atoms with Crippen LogP contribution in [-0.4, -0.2) is 36.6 Å². The van der Waals surface area contributed by atoms with E-state index >= 15 is 0 Å². The Balaban J connectivity index is 1.71. The summed E-state index contributed by atoms with van der Waals surface area (Å²) in [5, 5.41) is 6.01. The van der Waals surface area contributed by atoms with Crippen molar-refractivity contribution in [2.45, 2.75) is 13.3 Å². The molecule has 0 aliphatic heterocycles. The summed E-state index contributed by atoms with van der Waals surface area (Å²) >= 11 is 0. The van der Waals surface area contributed by atoms with Gasteiger partial charge in [-0.3, -0.25) is 4.79 Å². The van der Waals surface area contributed by atoms with Gasteiger partial charge in [0.15, 0.2) is 0 Å². The number of methoxy groups -OCH3 is 2. The van der Waals surface area contributed by atoms with Crippen molar-refractivity contribution in [1.29, 1.82) is 0 Å². The van der Waals surface area contributed by atoms with Gasteiger partial charge in [0.1, 0.15) is 17.2 Å². The zero-order valence-corrected chi connectivity index (χ0v) is 16.7. The minimum absolute atomic E-state index is 0.268. The number of benzene rings is 2. The molecule has 1 aromatic heterocycles. The maximum Gasteiger partial charge on any atom is 0.274 e. The van der Waals surface area contributed by atoms with E-state index in [0.717, 1.165) is 6.42 Å². The number of nitrogens with one attached hydrogen (secondary N) is 2. The largest absolute Gasteiger partial charge is 0.497 e. The Kier molecular flexibility index (Phi) is 6.63. The van der Waals surface area contributed by atoms with Crippen LogP contribution in [0.15, 0.2) is 54.6 Å². The summed E-state index contributed by atoms with van der Waals surface area (Å²) < 4.78 is 10.5. The second-order valence-corrected chi connectivity index (χ2v) is 6.40. The number of carbonyl (C=O) groups is 1. The molecule has 0 saturated carbocycles. The van der Waals surface area contributed by atoms with Crippen LogP contribution in [0.2, 0.25) is 0 Å². The van der Waals surface area contributed by atoms with Crippen molar-refractivity contribution in [3.8, 4) is 11.5 Å². The maximum absolute atomic E-state index is 12.8. The third kappa shape index (κ3) is 5.44. The van der Waals surface area contributed by atoms with Gasteiger partial charge in [-0.05, 0) is 37.1 Å². The van der Waals surface area contributed by atoms with Gasteiger partial charge in [-0.2, -0.15) is 0 Å². The lowest BCUT2D eigenvalue weighted by atomic mass is 10.1. The van der Waals surface area contributed by atoms with E-state index in [-0.39, 0.29) is 11.6 Å². The standard InChI is InChI=1S/C22H24N4O3/c1-15-13-19(21(27)25-18-14-17(28-2)9-10-20(18)29-3)26-22(24-15)23-12-11-16-7-5-4-6-8-16/h4-10,13-14H,11-12H2,1-3H3,(H,25,27)(H,23,24,26). The topological polar surface area (TPSA) is 85.4 Å². The summed E-state index contributed by atoms with van der Waals surface area (Å²) in [5.74, 6) is 1.21. The first-order chi connectivity index (χ1) is 14.1. The summed E-state index contributed by atoms with van der Waals surface area (Å²) in [7, 11) is 3.11. The number of aryl methyl sites for hydroxylation is 1. The molecule has 2 N–H and O–H groups in total. The molecule has 0 bridgehead atoms. The van der Waals surface area contributed by atoms with Gasteiger partial charge in [-0.25, -0.2) is 9.97 Å². The number of hydrogen-bond acceptors (Lipinski definition) is 6. The van der Waals surface area contributed by atoms with Crippen LogP contribution in [0.5, 0.6) is 11.5 Å². The van der Waals surface area contributed by atoms with Gasteiger partial charge in [0, 0.05) is 18.3 Å². The van der Waals surface area contributed by atoms with E-state index in [0.29, 0.717) is 35.4 Å². The molecule has 7 heteroatoms. The molecule has 3 rings (SSSR count). The van der Waals surface area contributed by atoms with Crippen molar-refractivity contribution >= 4 is 17.5 Å². The monoisotopic (exact) mass is 392 g/mol. The molecule has 2 aromatic carbocycles. The predicted octanol–water partition coefficient (Wildman–Crippen LogP) is 3.71. The molecule has 3 aromatic rings. The number of anilines is 2. The highest BCUT2D eigenvalue weighted by atomic mass is 16.5. The lowest BCUT2D eigenvalue weighted by molar-refractivity contribution is 0.102. The highest BCUT2D eigenvalue weighted by Crippen LogP contribution is 2.29. The second kappa shape index (κ2) is 9.54. The van der Waals surface area contributed by atoms with Gasteiger partial charge in [0.05, 0.1) is 19.9 Å². The average molecular weight is 392 g/mol. The number of carbonyl (C=O) groups excluding carboxylic acids is 1. The maximum atomic E-state index is 12.8. The van der Waals surface area contributed by atoms with E-state index in [9.17, 15) is 4.79 Å². The van der Waals surface area contributed by atoms with Crippen molar-refractivity contribution in [3.05, 3.63) is 71.5 Å². The van der Waals surface area contributed by atoms with Crippen molar-refractivity contribution in [1.82, 2.24) is 9.97 Å². The molecule has 150 valence electrons. The zero-order valence-electron chi connectivity index (χ0n) is 16.7. The fourth-order valence-corrected chi connectivity index (χ4v) is 2.83. The predicted molar refractivity (Wildman–Crippen MR) is 113 cm³/mol. The third-order valence-corrected chi connectivity index (χ3v) is 4.28. The average Bonchev–Trinajstić information content (AvgIpc) is 2.74.